The molecule has 2 unspecified atom stereocenters. The molecular formula is C26H31F2N5O4. The quantitative estimate of drug-likeness (QED) is 0.383. The van der Waals surface area contributed by atoms with E-state index in [1.54, 1.807) is 14.0 Å². The minimum Gasteiger partial charge on any atom is -0.477 e. The highest BCUT2D eigenvalue weighted by atomic mass is 19.1. The first-order valence-corrected chi connectivity index (χ1v) is 12.1. The van der Waals surface area contributed by atoms with Gasteiger partial charge in [0.1, 0.15) is 17.5 Å². The second-order valence-corrected chi connectivity index (χ2v) is 8.74. The average Bonchev–Trinajstić information content (AvgIpc) is 3.43. The summed E-state index contributed by atoms with van der Waals surface area (Å²) in [5, 5.41) is 20.2. The number of nitrogens with one attached hydrogen (secondary N) is 2. The van der Waals surface area contributed by atoms with Crippen LogP contribution in [0.15, 0.2) is 48.5 Å². The van der Waals surface area contributed by atoms with Crippen LogP contribution in [0.25, 0.3) is 5.69 Å². The third-order valence-electron chi connectivity index (χ3n) is 6.26. The molecule has 1 fully saturated rings. The van der Waals surface area contributed by atoms with E-state index in [0.29, 0.717) is 49.7 Å². The molecule has 0 bridgehead atoms. The summed E-state index contributed by atoms with van der Waals surface area (Å²) in [6, 6.07) is 11.6. The number of rotatable bonds is 10. The number of aliphatic hydroxyl groups excluding tert-OH is 1. The molecule has 2 amide bonds. The van der Waals surface area contributed by atoms with Crippen LogP contribution in [-0.4, -0.2) is 71.8 Å². The summed E-state index contributed by atoms with van der Waals surface area (Å²) < 4.78 is 40.2. The number of amides is 2. The number of methoxy groups -OCH3 is 1. The second-order valence-electron chi connectivity index (χ2n) is 8.74. The van der Waals surface area contributed by atoms with Gasteiger partial charge in [0.05, 0.1) is 37.1 Å². The number of anilines is 1. The monoisotopic (exact) mass is 515 g/mol. The lowest BCUT2D eigenvalue weighted by atomic mass is 9.94. The van der Waals surface area contributed by atoms with Crippen molar-refractivity contribution < 1.29 is 28.2 Å². The number of likely N-dealkylation sites (tertiary alicyclic amines) is 1. The standard InChI is InChI=1S/C26H31F2N5O4/c1-3-37-25-22(16-34)24(33(31-25)20-7-5-4-6-8-20)30-26(35)29-23-15-32(9-10-36-2)14-21(23)17-11-18(27)13-19(28)12-17/h4-8,11-13,21,23,34H,3,9-10,14-16H2,1-2H3,(H2,29,30,35). The molecule has 11 heteroatoms. The Balaban J connectivity index is 1.59. The van der Waals surface area contributed by atoms with Gasteiger partial charge in [0.2, 0.25) is 5.88 Å². The summed E-state index contributed by atoms with van der Waals surface area (Å²) in [5.74, 6) is -1.21. The van der Waals surface area contributed by atoms with Crippen LogP contribution in [0.5, 0.6) is 5.88 Å². The van der Waals surface area contributed by atoms with Gasteiger partial charge in [0.25, 0.3) is 0 Å². The SMILES string of the molecule is CCOc1nn(-c2ccccc2)c(NC(=O)NC2CN(CCOC)CC2c2cc(F)cc(F)c2)c1CO. The summed E-state index contributed by atoms with van der Waals surface area (Å²) in [6.45, 7) is 3.78. The smallest absolute Gasteiger partial charge is 0.320 e. The highest BCUT2D eigenvalue weighted by Gasteiger charge is 2.35. The Labute approximate surface area is 214 Å². The van der Waals surface area contributed by atoms with E-state index in [1.807, 2.05) is 30.3 Å². The van der Waals surface area contributed by atoms with Gasteiger partial charge in [-0.25, -0.2) is 18.3 Å². The van der Waals surface area contributed by atoms with E-state index in [-0.39, 0.29) is 17.6 Å². The zero-order chi connectivity index (χ0) is 26.4. The van der Waals surface area contributed by atoms with Gasteiger partial charge in [-0.05, 0) is 36.8 Å². The molecule has 3 aromatic rings. The van der Waals surface area contributed by atoms with E-state index >= 15 is 0 Å². The van der Waals surface area contributed by atoms with Crippen LogP contribution in [-0.2, 0) is 11.3 Å². The lowest BCUT2D eigenvalue weighted by molar-refractivity contribution is 0.159. The van der Waals surface area contributed by atoms with Crippen LogP contribution in [0, 0.1) is 11.6 Å². The van der Waals surface area contributed by atoms with Crippen LogP contribution in [0.3, 0.4) is 0 Å². The van der Waals surface area contributed by atoms with Crippen molar-refractivity contribution in [3.8, 4) is 11.6 Å². The molecule has 4 rings (SSSR count). The van der Waals surface area contributed by atoms with Crippen molar-refractivity contribution in [2.24, 2.45) is 0 Å². The molecular weight excluding hydrogens is 484 g/mol. The first-order chi connectivity index (χ1) is 17.9. The minimum atomic E-state index is -0.670. The molecule has 0 spiro atoms. The van der Waals surface area contributed by atoms with Crippen LogP contribution in [0.2, 0.25) is 0 Å². The maximum Gasteiger partial charge on any atom is 0.320 e. The number of aromatic nitrogens is 2. The van der Waals surface area contributed by atoms with Gasteiger partial charge in [0, 0.05) is 38.7 Å². The van der Waals surface area contributed by atoms with Crippen LogP contribution >= 0.6 is 0 Å². The van der Waals surface area contributed by atoms with Gasteiger partial charge in [-0.2, -0.15) is 0 Å². The van der Waals surface area contributed by atoms with Gasteiger partial charge in [-0.15, -0.1) is 5.10 Å². The van der Waals surface area contributed by atoms with E-state index < -0.39 is 30.3 Å². The van der Waals surface area contributed by atoms with Crippen molar-refractivity contribution in [1.82, 2.24) is 20.0 Å². The molecule has 1 saturated heterocycles. The van der Waals surface area contributed by atoms with Crippen molar-refractivity contribution in [3.63, 3.8) is 0 Å². The molecule has 0 radical (unpaired) electrons. The number of para-hydroxylation sites is 1. The Bertz CT molecular complexity index is 1190. The van der Waals surface area contributed by atoms with Crippen LogP contribution in [0.4, 0.5) is 19.4 Å². The first kappa shape index (κ1) is 26.5. The Hall–Kier alpha value is -3.54. The summed E-state index contributed by atoms with van der Waals surface area (Å²) in [5.41, 5.74) is 1.46. The molecule has 3 N–H and O–H groups in total. The van der Waals surface area contributed by atoms with Crippen LogP contribution < -0.4 is 15.4 Å². The fourth-order valence-corrected chi connectivity index (χ4v) is 4.58. The molecule has 1 aliphatic heterocycles. The molecule has 1 aliphatic rings. The van der Waals surface area contributed by atoms with Crippen LogP contribution in [0.1, 0.15) is 24.0 Å². The fraction of sp³-hybridized carbons (Fsp3) is 0.385. The number of nitrogens with zero attached hydrogens (tertiary/aromatic N) is 3. The highest BCUT2D eigenvalue weighted by molar-refractivity contribution is 5.90. The molecule has 0 saturated carbocycles. The maximum atomic E-state index is 14.0. The Morgan fingerprint density at radius 1 is 1.16 bits per heavy atom. The maximum absolute atomic E-state index is 14.0. The lowest BCUT2D eigenvalue weighted by Crippen LogP contribution is -2.42. The zero-order valence-electron chi connectivity index (χ0n) is 20.8. The van der Waals surface area contributed by atoms with Crippen molar-refractivity contribution in [2.45, 2.75) is 25.5 Å². The van der Waals surface area contributed by atoms with Gasteiger partial charge in [-0.1, -0.05) is 18.2 Å². The first-order valence-electron chi connectivity index (χ1n) is 12.1. The van der Waals surface area contributed by atoms with Gasteiger partial charge in [-0.3, -0.25) is 10.2 Å². The summed E-state index contributed by atoms with van der Waals surface area (Å²) in [4.78, 5) is 15.3. The summed E-state index contributed by atoms with van der Waals surface area (Å²) in [7, 11) is 1.60. The molecule has 37 heavy (non-hydrogen) atoms. The van der Waals surface area contributed by atoms with Gasteiger partial charge >= 0.3 is 6.03 Å². The number of aliphatic hydroxyl groups is 1. The molecule has 9 nitrogen and oxygen atoms in total. The molecule has 198 valence electrons. The van der Waals surface area contributed by atoms with Crippen molar-refractivity contribution >= 4 is 11.8 Å². The number of hydrogen-bond acceptors (Lipinski definition) is 6. The van der Waals surface area contributed by atoms with Gasteiger partial charge in [0.15, 0.2) is 0 Å². The summed E-state index contributed by atoms with van der Waals surface area (Å²) in [6.07, 6.45) is 0. The van der Waals surface area contributed by atoms with E-state index in [9.17, 15) is 18.7 Å². The van der Waals surface area contributed by atoms with Crippen molar-refractivity contribution in [2.75, 3.05) is 45.3 Å². The number of hydrogen-bond donors (Lipinski definition) is 3. The third-order valence-corrected chi connectivity index (χ3v) is 6.26. The molecule has 2 heterocycles. The Kier molecular flexibility index (Phi) is 8.70. The van der Waals surface area contributed by atoms with Crippen molar-refractivity contribution in [3.05, 3.63) is 71.3 Å². The molecule has 2 aromatic carbocycles. The fourth-order valence-electron chi connectivity index (χ4n) is 4.58. The number of carbonyl (C=O) groups excluding carboxylic acids is 1. The highest BCUT2D eigenvalue weighted by Crippen LogP contribution is 2.31. The third kappa shape index (κ3) is 6.24. The Morgan fingerprint density at radius 2 is 1.89 bits per heavy atom. The number of benzene rings is 2. The van der Waals surface area contributed by atoms with E-state index in [2.05, 4.69) is 20.6 Å². The van der Waals surface area contributed by atoms with E-state index in [0.717, 1.165) is 6.07 Å². The average molecular weight is 516 g/mol. The molecule has 0 aliphatic carbocycles. The molecule has 1 aromatic heterocycles. The predicted molar refractivity (Wildman–Crippen MR) is 134 cm³/mol. The second kappa shape index (κ2) is 12.1. The number of urea groups is 1. The Morgan fingerprint density at radius 3 is 2.54 bits per heavy atom. The zero-order valence-corrected chi connectivity index (χ0v) is 20.8. The number of halogens is 2. The number of carbonyl (C=O) groups is 1. The van der Waals surface area contributed by atoms with Crippen molar-refractivity contribution in [1.29, 1.82) is 0 Å². The predicted octanol–water partition coefficient (Wildman–Crippen LogP) is 3.28. The van der Waals surface area contributed by atoms with E-state index in [1.165, 1.54) is 16.8 Å². The summed E-state index contributed by atoms with van der Waals surface area (Å²) >= 11 is 0. The topological polar surface area (TPSA) is 101 Å². The minimum absolute atomic E-state index is 0.212. The van der Waals surface area contributed by atoms with E-state index in [4.69, 9.17) is 9.47 Å². The van der Waals surface area contributed by atoms with Gasteiger partial charge < -0.3 is 19.9 Å². The normalized spacial score (nSPS) is 17.6. The number of ether oxygens (including phenoxy) is 2. The molecule has 2 atom stereocenters. The lowest BCUT2D eigenvalue weighted by Gasteiger charge is -2.21. The largest absolute Gasteiger partial charge is 0.477 e.